The van der Waals surface area contributed by atoms with Gasteiger partial charge >= 0.3 is 0 Å². The number of hydrogen-bond donors (Lipinski definition) is 2. The summed E-state index contributed by atoms with van der Waals surface area (Å²) in [6.45, 7) is 4.42. The van der Waals surface area contributed by atoms with Crippen LogP contribution in [0.3, 0.4) is 0 Å². The van der Waals surface area contributed by atoms with Crippen LogP contribution in [-0.2, 0) is 0 Å². The predicted molar refractivity (Wildman–Crippen MR) is 77.3 cm³/mol. The molecule has 1 fully saturated rings. The molecule has 0 bridgehead atoms. The minimum Gasteiger partial charge on any atom is -0.371 e. The van der Waals surface area contributed by atoms with Gasteiger partial charge < -0.3 is 15.2 Å². The van der Waals surface area contributed by atoms with Crippen LogP contribution in [0.25, 0.3) is 10.9 Å². The SMILES string of the molecule is Cc1[nH]c2ccccc2c1N(C)CC1CCCN1. The second-order valence-electron chi connectivity index (χ2n) is 5.32. The van der Waals surface area contributed by atoms with Gasteiger partial charge in [-0.2, -0.15) is 0 Å². The van der Waals surface area contributed by atoms with Gasteiger partial charge in [0.2, 0.25) is 0 Å². The number of H-pyrrole nitrogens is 1. The number of aromatic nitrogens is 1. The van der Waals surface area contributed by atoms with Crippen molar-refractivity contribution in [3.05, 3.63) is 30.0 Å². The minimum absolute atomic E-state index is 0.642. The molecule has 2 heterocycles. The Balaban J connectivity index is 1.90. The molecule has 1 aromatic carbocycles. The molecule has 0 spiro atoms. The normalized spacial score (nSPS) is 19.6. The van der Waals surface area contributed by atoms with E-state index in [9.17, 15) is 0 Å². The summed E-state index contributed by atoms with van der Waals surface area (Å²) >= 11 is 0. The average molecular weight is 243 g/mol. The molecule has 18 heavy (non-hydrogen) atoms. The quantitative estimate of drug-likeness (QED) is 0.868. The molecule has 1 atom stereocenters. The van der Waals surface area contributed by atoms with Crippen molar-refractivity contribution in [2.75, 3.05) is 25.0 Å². The van der Waals surface area contributed by atoms with Crippen LogP contribution in [0, 0.1) is 6.92 Å². The number of para-hydroxylation sites is 1. The highest BCUT2D eigenvalue weighted by Crippen LogP contribution is 2.30. The van der Waals surface area contributed by atoms with Gasteiger partial charge in [-0.1, -0.05) is 18.2 Å². The third kappa shape index (κ3) is 1.99. The Bertz CT molecular complexity index is 538. The zero-order valence-corrected chi connectivity index (χ0v) is 11.2. The molecule has 1 unspecified atom stereocenters. The molecule has 3 heteroatoms. The Kier molecular flexibility index (Phi) is 3.00. The summed E-state index contributed by atoms with van der Waals surface area (Å²) in [7, 11) is 2.20. The molecule has 3 nitrogen and oxygen atoms in total. The average Bonchev–Trinajstić information content (AvgIpc) is 2.94. The summed E-state index contributed by atoms with van der Waals surface area (Å²) in [6, 6.07) is 9.18. The largest absolute Gasteiger partial charge is 0.371 e. The van der Waals surface area contributed by atoms with Crippen molar-refractivity contribution in [3.8, 4) is 0 Å². The Hall–Kier alpha value is -1.48. The number of nitrogens with one attached hydrogen (secondary N) is 2. The molecule has 2 aromatic rings. The number of aromatic amines is 1. The van der Waals surface area contributed by atoms with E-state index in [0.29, 0.717) is 6.04 Å². The van der Waals surface area contributed by atoms with Crippen molar-refractivity contribution in [1.29, 1.82) is 0 Å². The minimum atomic E-state index is 0.642. The van der Waals surface area contributed by atoms with E-state index in [1.165, 1.54) is 41.7 Å². The zero-order chi connectivity index (χ0) is 12.5. The molecule has 96 valence electrons. The van der Waals surface area contributed by atoms with Gasteiger partial charge in [0.15, 0.2) is 0 Å². The Morgan fingerprint density at radius 2 is 2.17 bits per heavy atom. The molecular weight excluding hydrogens is 222 g/mol. The molecule has 0 radical (unpaired) electrons. The van der Waals surface area contributed by atoms with E-state index in [1.807, 2.05) is 0 Å². The number of likely N-dealkylation sites (N-methyl/N-ethyl adjacent to an activating group) is 1. The van der Waals surface area contributed by atoms with E-state index in [0.717, 1.165) is 6.54 Å². The maximum atomic E-state index is 3.57. The standard InChI is InChI=1S/C15H21N3/c1-11-15(13-7-3-4-8-14(13)17-11)18(2)10-12-6-5-9-16-12/h3-4,7-8,12,16-17H,5-6,9-10H2,1-2H3. The Morgan fingerprint density at radius 3 is 2.94 bits per heavy atom. The van der Waals surface area contributed by atoms with Crippen LogP contribution < -0.4 is 10.2 Å². The van der Waals surface area contributed by atoms with Gasteiger partial charge in [0, 0.05) is 36.2 Å². The molecular formula is C15H21N3. The van der Waals surface area contributed by atoms with Crippen molar-refractivity contribution in [2.45, 2.75) is 25.8 Å². The van der Waals surface area contributed by atoms with Crippen molar-refractivity contribution in [3.63, 3.8) is 0 Å². The van der Waals surface area contributed by atoms with Crippen molar-refractivity contribution < 1.29 is 0 Å². The van der Waals surface area contributed by atoms with Crippen LogP contribution in [0.4, 0.5) is 5.69 Å². The highest BCUT2D eigenvalue weighted by Gasteiger charge is 2.19. The second kappa shape index (κ2) is 4.65. The smallest absolute Gasteiger partial charge is 0.0652 e. The van der Waals surface area contributed by atoms with Crippen LogP contribution in [0.5, 0.6) is 0 Å². The van der Waals surface area contributed by atoms with E-state index >= 15 is 0 Å². The third-order valence-electron chi connectivity index (χ3n) is 3.90. The van der Waals surface area contributed by atoms with Gasteiger partial charge in [0.05, 0.1) is 5.69 Å². The lowest BCUT2D eigenvalue weighted by molar-refractivity contribution is 0.600. The van der Waals surface area contributed by atoms with Gasteiger partial charge in [-0.25, -0.2) is 0 Å². The van der Waals surface area contributed by atoms with Gasteiger partial charge in [0.1, 0.15) is 0 Å². The first-order chi connectivity index (χ1) is 8.75. The maximum Gasteiger partial charge on any atom is 0.0652 e. The zero-order valence-electron chi connectivity index (χ0n) is 11.2. The van der Waals surface area contributed by atoms with Gasteiger partial charge in [0.25, 0.3) is 0 Å². The number of benzene rings is 1. The first-order valence-electron chi connectivity index (χ1n) is 6.77. The van der Waals surface area contributed by atoms with Gasteiger partial charge in [-0.3, -0.25) is 0 Å². The third-order valence-corrected chi connectivity index (χ3v) is 3.90. The molecule has 0 aliphatic carbocycles. The van der Waals surface area contributed by atoms with Crippen LogP contribution >= 0.6 is 0 Å². The van der Waals surface area contributed by atoms with Crippen LogP contribution in [-0.4, -0.2) is 31.2 Å². The lowest BCUT2D eigenvalue weighted by Gasteiger charge is -2.23. The van der Waals surface area contributed by atoms with Crippen molar-refractivity contribution in [2.24, 2.45) is 0 Å². The fourth-order valence-electron chi connectivity index (χ4n) is 3.09. The molecule has 1 aliphatic rings. The van der Waals surface area contributed by atoms with E-state index in [1.54, 1.807) is 0 Å². The molecule has 0 saturated carbocycles. The molecule has 0 amide bonds. The summed E-state index contributed by atoms with van der Waals surface area (Å²) in [4.78, 5) is 5.86. The Morgan fingerprint density at radius 1 is 1.33 bits per heavy atom. The van der Waals surface area contributed by atoms with Crippen LogP contribution in [0.1, 0.15) is 18.5 Å². The van der Waals surface area contributed by atoms with Gasteiger partial charge in [-0.05, 0) is 32.4 Å². The number of aryl methyl sites for hydroxylation is 1. The van der Waals surface area contributed by atoms with E-state index in [2.05, 4.69) is 53.4 Å². The van der Waals surface area contributed by atoms with Crippen molar-refractivity contribution in [1.82, 2.24) is 10.3 Å². The molecule has 1 saturated heterocycles. The maximum absolute atomic E-state index is 3.57. The number of rotatable bonds is 3. The first kappa shape index (κ1) is 11.6. The summed E-state index contributed by atoms with van der Waals surface area (Å²) in [5.41, 5.74) is 3.84. The monoisotopic (exact) mass is 243 g/mol. The summed E-state index contributed by atoms with van der Waals surface area (Å²) < 4.78 is 0. The number of hydrogen-bond acceptors (Lipinski definition) is 2. The summed E-state index contributed by atoms with van der Waals surface area (Å²) in [6.07, 6.45) is 2.61. The van der Waals surface area contributed by atoms with Gasteiger partial charge in [-0.15, -0.1) is 0 Å². The molecule has 1 aliphatic heterocycles. The molecule has 1 aromatic heterocycles. The second-order valence-corrected chi connectivity index (χ2v) is 5.32. The molecule has 2 N–H and O–H groups in total. The number of nitrogens with zero attached hydrogens (tertiary/aromatic N) is 1. The molecule has 3 rings (SSSR count). The fourth-order valence-corrected chi connectivity index (χ4v) is 3.09. The van der Waals surface area contributed by atoms with E-state index in [-0.39, 0.29) is 0 Å². The predicted octanol–water partition coefficient (Wildman–Crippen LogP) is 2.66. The highest BCUT2D eigenvalue weighted by molar-refractivity contribution is 5.94. The lowest BCUT2D eigenvalue weighted by atomic mass is 10.1. The topological polar surface area (TPSA) is 31.1 Å². The first-order valence-corrected chi connectivity index (χ1v) is 6.77. The van der Waals surface area contributed by atoms with E-state index in [4.69, 9.17) is 0 Å². The summed E-state index contributed by atoms with van der Waals surface area (Å²) in [5, 5.41) is 4.89. The van der Waals surface area contributed by atoms with Crippen molar-refractivity contribution >= 4 is 16.6 Å². The lowest BCUT2D eigenvalue weighted by Crippen LogP contribution is -2.35. The summed E-state index contributed by atoms with van der Waals surface area (Å²) in [5.74, 6) is 0. The van der Waals surface area contributed by atoms with E-state index < -0.39 is 0 Å². The number of anilines is 1. The van der Waals surface area contributed by atoms with Crippen LogP contribution in [0.15, 0.2) is 24.3 Å². The highest BCUT2D eigenvalue weighted by atomic mass is 15.1. The Labute approximate surface area is 108 Å². The van der Waals surface area contributed by atoms with Crippen LogP contribution in [0.2, 0.25) is 0 Å². The fraction of sp³-hybridized carbons (Fsp3) is 0.467. The number of fused-ring (bicyclic) bond motifs is 1.